The third-order valence-corrected chi connectivity index (χ3v) is 7.53. The van der Waals surface area contributed by atoms with Gasteiger partial charge in [-0.15, -0.1) is 0 Å². The number of nitrogens with zero attached hydrogens (tertiary/aromatic N) is 5. The molecule has 0 radical (unpaired) electrons. The number of urea groups is 1. The van der Waals surface area contributed by atoms with Crippen molar-refractivity contribution in [3.8, 4) is 0 Å². The number of hydrogen-bond donors (Lipinski definition) is 2. The van der Waals surface area contributed by atoms with Gasteiger partial charge < -0.3 is 15.5 Å². The fourth-order valence-corrected chi connectivity index (χ4v) is 5.24. The Labute approximate surface area is 251 Å². The Kier molecular flexibility index (Phi) is 10.6. The summed E-state index contributed by atoms with van der Waals surface area (Å²) < 4.78 is 0. The fraction of sp³-hybridized carbons (Fsp3) is 0.333. The molecule has 0 atom stereocenters. The van der Waals surface area contributed by atoms with Crippen LogP contribution in [-0.4, -0.2) is 53.0 Å². The van der Waals surface area contributed by atoms with Gasteiger partial charge in [0.2, 0.25) is 11.9 Å². The SMILES string of the molecule is C=CC(=O)Nc1ccc(CN2C(=O)N(c3c(Cl)cccc3Cl)Cc3cnc(NCCCCN(CC)CC)nc32)cc1. The van der Waals surface area contributed by atoms with Crippen molar-refractivity contribution >= 4 is 58.3 Å². The van der Waals surface area contributed by atoms with E-state index >= 15 is 0 Å². The monoisotopic (exact) mass is 595 g/mol. The average Bonchev–Trinajstić information content (AvgIpc) is 2.97. The molecule has 2 N–H and O–H groups in total. The lowest BCUT2D eigenvalue weighted by Crippen LogP contribution is -2.47. The molecule has 3 aromatic rings. The van der Waals surface area contributed by atoms with Crippen LogP contribution >= 0.6 is 23.2 Å². The largest absolute Gasteiger partial charge is 0.354 e. The van der Waals surface area contributed by atoms with Crippen LogP contribution in [0.25, 0.3) is 0 Å². The third kappa shape index (κ3) is 7.55. The van der Waals surface area contributed by atoms with Crippen LogP contribution in [0, 0.1) is 0 Å². The van der Waals surface area contributed by atoms with Crippen LogP contribution in [0.5, 0.6) is 0 Å². The van der Waals surface area contributed by atoms with E-state index in [1.54, 1.807) is 46.3 Å². The number of benzene rings is 2. The standard InChI is InChI=1S/C30H35Cl2N7O2/c1-4-26(40)35-23-14-12-21(13-15-23)19-39-28-22(20-38(30(39)41)27-24(31)10-9-11-25(27)32)18-34-29(36-28)33-16-7-8-17-37(5-2)6-3/h4,9-15,18H,1,5-8,16-17,19-20H2,2-3H3,(H,35,40)(H,33,34,36). The lowest BCUT2D eigenvalue weighted by atomic mass is 10.1. The van der Waals surface area contributed by atoms with Crippen molar-refractivity contribution in [2.24, 2.45) is 0 Å². The topological polar surface area (TPSA) is 93.7 Å². The highest BCUT2D eigenvalue weighted by molar-refractivity contribution is 6.40. The predicted molar refractivity (Wildman–Crippen MR) is 167 cm³/mol. The molecule has 1 aromatic heterocycles. The van der Waals surface area contributed by atoms with Gasteiger partial charge in [-0.05, 0) is 68.4 Å². The maximum Gasteiger partial charge on any atom is 0.330 e. The van der Waals surface area contributed by atoms with Crippen LogP contribution in [0.15, 0.2) is 61.3 Å². The zero-order chi connectivity index (χ0) is 29.4. The third-order valence-electron chi connectivity index (χ3n) is 6.92. The fourth-order valence-electron chi connectivity index (χ4n) is 4.64. The smallest absolute Gasteiger partial charge is 0.330 e. The van der Waals surface area contributed by atoms with Gasteiger partial charge in [0.1, 0.15) is 5.82 Å². The number of fused-ring (bicyclic) bond motifs is 1. The van der Waals surface area contributed by atoms with Crippen molar-refractivity contribution in [3.63, 3.8) is 0 Å². The van der Waals surface area contributed by atoms with Crippen LogP contribution in [0.3, 0.4) is 0 Å². The van der Waals surface area contributed by atoms with E-state index in [-0.39, 0.29) is 25.0 Å². The number of carbonyl (C=O) groups is 2. The summed E-state index contributed by atoms with van der Waals surface area (Å²) in [6, 6.07) is 12.1. The first-order valence-corrected chi connectivity index (χ1v) is 14.5. The maximum absolute atomic E-state index is 14.0. The van der Waals surface area contributed by atoms with E-state index in [4.69, 9.17) is 28.2 Å². The number of rotatable bonds is 13. The normalized spacial score (nSPS) is 12.9. The van der Waals surface area contributed by atoms with Crippen molar-refractivity contribution in [3.05, 3.63) is 82.5 Å². The van der Waals surface area contributed by atoms with Gasteiger partial charge in [-0.1, -0.05) is 61.8 Å². The van der Waals surface area contributed by atoms with Gasteiger partial charge in [-0.25, -0.2) is 9.78 Å². The number of aromatic nitrogens is 2. The van der Waals surface area contributed by atoms with Gasteiger partial charge in [0, 0.05) is 24.0 Å². The van der Waals surface area contributed by atoms with Gasteiger partial charge in [-0.2, -0.15) is 4.98 Å². The number of hydrogen-bond acceptors (Lipinski definition) is 6. The first kappa shape index (κ1) is 30.3. The number of unbranched alkanes of at least 4 members (excludes halogenated alkanes) is 1. The van der Waals surface area contributed by atoms with E-state index in [2.05, 4.69) is 40.9 Å². The van der Waals surface area contributed by atoms with E-state index in [9.17, 15) is 9.59 Å². The summed E-state index contributed by atoms with van der Waals surface area (Å²) in [7, 11) is 0. The predicted octanol–water partition coefficient (Wildman–Crippen LogP) is 6.59. The highest BCUT2D eigenvalue weighted by Crippen LogP contribution is 2.39. The van der Waals surface area contributed by atoms with Gasteiger partial charge >= 0.3 is 6.03 Å². The minimum Gasteiger partial charge on any atom is -0.354 e. The highest BCUT2D eigenvalue weighted by atomic mass is 35.5. The number of para-hydroxylation sites is 1. The molecule has 0 saturated carbocycles. The molecule has 3 amide bonds. The first-order chi connectivity index (χ1) is 19.8. The second-order valence-electron chi connectivity index (χ2n) is 9.62. The molecule has 41 heavy (non-hydrogen) atoms. The van der Waals surface area contributed by atoms with Crippen molar-refractivity contribution in [1.29, 1.82) is 0 Å². The number of carbonyl (C=O) groups excluding carboxylic acids is 2. The second-order valence-corrected chi connectivity index (χ2v) is 10.4. The van der Waals surface area contributed by atoms with Gasteiger partial charge in [0.15, 0.2) is 0 Å². The van der Waals surface area contributed by atoms with E-state index < -0.39 is 0 Å². The average molecular weight is 597 g/mol. The molecule has 0 unspecified atom stereocenters. The van der Waals surface area contributed by atoms with Crippen molar-refractivity contribution in [2.45, 2.75) is 39.8 Å². The molecule has 9 nitrogen and oxygen atoms in total. The lowest BCUT2D eigenvalue weighted by molar-refractivity contribution is -0.111. The van der Waals surface area contributed by atoms with Crippen LogP contribution in [-0.2, 0) is 17.9 Å². The summed E-state index contributed by atoms with van der Waals surface area (Å²) in [5.74, 6) is 0.699. The van der Waals surface area contributed by atoms with Crippen LogP contribution in [0.4, 0.5) is 27.9 Å². The number of halogens is 2. The Morgan fingerprint density at radius 3 is 2.46 bits per heavy atom. The van der Waals surface area contributed by atoms with E-state index in [0.717, 1.165) is 50.1 Å². The lowest BCUT2D eigenvalue weighted by Gasteiger charge is -2.36. The molecule has 1 aliphatic rings. The van der Waals surface area contributed by atoms with Gasteiger partial charge in [0.25, 0.3) is 0 Å². The molecular formula is C30H35Cl2N7O2. The number of nitrogens with one attached hydrogen (secondary N) is 2. The first-order valence-electron chi connectivity index (χ1n) is 13.7. The second kappa shape index (κ2) is 14.3. The Balaban J connectivity index is 1.58. The zero-order valence-corrected chi connectivity index (χ0v) is 24.9. The van der Waals surface area contributed by atoms with Gasteiger partial charge in [0.05, 0.1) is 28.8 Å². The zero-order valence-electron chi connectivity index (χ0n) is 23.4. The Bertz CT molecular complexity index is 1360. The number of amides is 3. The molecule has 2 aromatic carbocycles. The molecule has 0 saturated heterocycles. The summed E-state index contributed by atoms with van der Waals surface area (Å²) in [5.41, 5.74) is 2.68. The highest BCUT2D eigenvalue weighted by Gasteiger charge is 2.35. The molecular weight excluding hydrogens is 561 g/mol. The molecule has 0 spiro atoms. The summed E-state index contributed by atoms with van der Waals surface area (Å²) >= 11 is 13.0. The molecule has 0 bridgehead atoms. The summed E-state index contributed by atoms with van der Waals surface area (Å²) in [6.07, 6.45) is 5.00. The summed E-state index contributed by atoms with van der Waals surface area (Å²) in [4.78, 5) is 40.5. The summed E-state index contributed by atoms with van der Waals surface area (Å²) in [5, 5.41) is 6.79. The van der Waals surface area contributed by atoms with Crippen LogP contribution in [0.2, 0.25) is 10.0 Å². The van der Waals surface area contributed by atoms with Crippen molar-refractivity contribution in [1.82, 2.24) is 14.9 Å². The minimum absolute atomic E-state index is 0.227. The molecule has 11 heteroatoms. The maximum atomic E-state index is 14.0. The Morgan fingerprint density at radius 1 is 1.10 bits per heavy atom. The van der Waals surface area contributed by atoms with Crippen LogP contribution < -0.4 is 20.4 Å². The van der Waals surface area contributed by atoms with Crippen LogP contribution in [0.1, 0.15) is 37.8 Å². The Hall–Kier alpha value is -3.66. The van der Waals surface area contributed by atoms with E-state index in [1.165, 1.54) is 6.08 Å². The molecule has 1 aliphatic heterocycles. The van der Waals surface area contributed by atoms with Gasteiger partial charge in [-0.3, -0.25) is 14.6 Å². The molecule has 0 aliphatic carbocycles. The van der Waals surface area contributed by atoms with E-state index in [1.807, 2.05) is 12.1 Å². The van der Waals surface area contributed by atoms with E-state index in [0.29, 0.717) is 33.2 Å². The molecule has 2 heterocycles. The molecule has 0 fully saturated rings. The quantitative estimate of drug-likeness (QED) is 0.171. The summed E-state index contributed by atoms with van der Waals surface area (Å²) in [6.45, 7) is 12.2. The Morgan fingerprint density at radius 2 is 1.80 bits per heavy atom. The number of anilines is 4. The molecule has 4 rings (SSSR count). The van der Waals surface area contributed by atoms with Crippen molar-refractivity contribution in [2.75, 3.05) is 46.6 Å². The van der Waals surface area contributed by atoms with Crippen molar-refractivity contribution < 1.29 is 9.59 Å². The molecule has 216 valence electrons. The minimum atomic E-state index is -0.305.